The summed E-state index contributed by atoms with van der Waals surface area (Å²) in [6.07, 6.45) is 8.09. The van der Waals surface area contributed by atoms with Crippen LogP contribution in [-0.2, 0) is 12.0 Å². The highest BCUT2D eigenvalue weighted by Gasteiger charge is 2.26. The second-order valence-electron chi connectivity index (χ2n) is 10.4. The summed E-state index contributed by atoms with van der Waals surface area (Å²) in [5.74, 6) is 1.51. The van der Waals surface area contributed by atoms with Crippen molar-refractivity contribution in [2.24, 2.45) is 0 Å². The first-order valence-electron chi connectivity index (χ1n) is 12.6. The lowest BCUT2D eigenvalue weighted by molar-refractivity contribution is 0.262. The highest BCUT2D eigenvalue weighted by atomic mass is 16.5. The Kier molecular flexibility index (Phi) is 6.63. The van der Waals surface area contributed by atoms with Crippen LogP contribution >= 0.6 is 0 Å². The van der Waals surface area contributed by atoms with E-state index in [0.29, 0.717) is 12.6 Å². The van der Waals surface area contributed by atoms with Crippen molar-refractivity contribution in [3.05, 3.63) is 78.2 Å². The number of fused-ring (bicyclic) bond motifs is 1. The number of ether oxygens (including phenoxy) is 1. The summed E-state index contributed by atoms with van der Waals surface area (Å²) in [5.41, 5.74) is 2.65. The van der Waals surface area contributed by atoms with Crippen LogP contribution in [0, 0.1) is 0 Å². The van der Waals surface area contributed by atoms with E-state index in [4.69, 9.17) is 9.84 Å². The molecule has 7 nitrogen and oxygen atoms in total. The van der Waals surface area contributed by atoms with Crippen molar-refractivity contribution in [1.29, 1.82) is 0 Å². The Morgan fingerprint density at radius 1 is 1.00 bits per heavy atom. The van der Waals surface area contributed by atoms with E-state index in [9.17, 15) is 4.79 Å². The average Bonchev–Trinajstić information content (AvgIpc) is 3.54. The van der Waals surface area contributed by atoms with Gasteiger partial charge in [0.05, 0.1) is 17.4 Å². The number of amides is 2. The molecule has 2 heterocycles. The van der Waals surface area contributed by atoms with Crippen LogP contribution in [0.3, 0.4) is 0 Å². The third-order valence-corrected chi connectivity index (χ3v) is 6.69. The molecule has 0 bridgehead atoms. The van der Waals surface area contributed by atoms with Crippen LogP contribution in [0.4, 0.5) is 16.3 Å². The van der Waals surface area contributed by atoms with Gasteiger partial charge in [-0.15, -0.1) is 0 Å². The minimum absolute atomic E-state index is 0.0982. The highest BCUT2D eigenvalue weighted by Crippen LogP contribution is 2.35. The van der Waals surface area contributed by atoms with Crippen LogP contribution in [-0.4, -0.2) is 20.8 Å². The molecule has 5 rings (SSSR count). The Morgan fingerprint density at radius 3 is 2.44 bits per heavy atom. The zero-order chi connectivity index (χ0) is 25.1. The number of rotatable bonds is 6. The van der Waals surface area contributed by atoms with Crippen LogP contribution in [0.15, 0.2) is 67.0 Å². The van der Waals surface area contributed by atoms with Crippen molar-refractivity contribution >= 4 is 28.3 Å². The standard InChI is InChI=1S/C29H33N5O2/c1-29(2,3)26-18-27(34(33-26)21-8-4-5-9-21)32-28(35)31-24-12-13-25(23-11-7-6-10-22(23)24)36-19-20-14-16-30-17-15-20/h6-7,10-18,21H,4-5,8-9,19H2,1-3H3,(H2,31,32,35). The molecule has 2 amide bonds. The molecular weight excluding hydrogens is 450 g/mol. The zero-order valence-electron chi connectivity index (χ0n) is 21.1. The molecule has 36 heavy (non-hydrogen) atoms. The summed E-state index contributed by atoms with van der Waals surface area (Å²) in [6.45, 7) is 6.87. The van der Waals surface area contributed by atoms with E-state index in [1.165, 1.54) is 12.8 Å². The third kappa shape index (κ3) is 5.20. The van der Waals surface area contributed by atoms with Gasteiger partial charge in [0, 0.05) is 34.6 Å². The van der Waals surface area contributed by atoms with Gasteiger partial charge in [-0.1, -0.05) is 57.9 Å². The van der Waals surface area contributed by atoms with Gasteiger partial charge in [-0.3, -0.25) is 10.3 Å². The lowest BCUT2D eigenvalue weighted by Crippen LogP contribution is -2.22. The molecule has 0 unspecified atom stereocenters. The monoisotopic (exact) mass is 483 g/mol. The van der Waals surface area contributed by atoms with Crippen LogP contribution < -0.4 is 15.4 Å². The van der Waals surface area contributed by atoms with E-state index in [-0.39, 0.29) is 11.4 Å². The summed E-state index contributed by atoms with van der Waals surface area (Å²) in [7, 11) is 0. The van der Waals surface area contributed by atoms with Gasteiger partial charge in [0.2, 0.25) is 0 Å². The van der Waals surface area contributed by atoms with Gasteiger partial charge in [-0.05, 0) is 42.7 Å². The number of nitrogens with zero attached hydrogens (tertiary/aromatic N) is 3. The fraction of sp³-hybridized carbons (Fsp3) is 0.345. The normalized spacial score (nSPS) is 14.2. The van der Waals surface area contributed by atoms with Gasteiger partial charge in [-0.25, -0.2) is 9.48 Å². The maximum Gasteiger partial charge on any atom is 0.324 e. The molecule has 0 spiro atoms. The Balaban J connectivity index is 1.36. The number of urea groups is 1. The molecule has 4 aromatic rings. The molecule has 2 N–H and O–H groups in total. The molecule has 1 saturated carbocycles. The predicted molar refractivity (Wildman–Crippen MR) is 144 cm³/mol. The van der Waals surface area contributed by atoms with Gasteiger partial charge < -0.3 is 10.1 Å². The van der Waals surface area contributed by atoms with Crippen molar-refractivity contribution in [3.63, 3.8) is 0 Å². The number of hydrogen-bond acceptors (Lipinski definition) is 4. The van der Waals surface area contributed by atoms with E-state index in [1.54, 1.807) is 12.4 Å². The molecule has 0 aliphatic heterocycles. The van der Waals surface area contributed by atoms with Crippen LogP contribution in [0.1, 0.15) is 63.8 Å². The van der Waals surface area contributed by atoms with Gasteiger partial charge in [-0.2, -0.15) is 5.10 Å². The first-order valence-corrected chi connectivity index (χ1v) is 12.6. The smallest absolute Gasteiger partial charge is 0.324 e. The largest absolute Gasteiger partial charge is 0.488 e. The highest BCUT2D eigenvalue weighted by molar-refractivity contribution is 6.07. The summed E-state index contributed by atoms with van der Waals surface area (Å²) in [5, 5.41) is 12.9. The minimum atomic E-state index is -0.287. The number of hydrogen-bond donors (Lipinski definition) is 2. The molecule has 1 fully saturated rings. The fourth-order valence-corrected chi connectivity index (χ4v) is 4.70. The van der Waals surface area contributed by atoms with Crippen molar-refractivity contribution in [1.82, 2.24) is 14.8 Å². The van der Waals surface area contributed by atoms with Crippen LogP contribution in [0.5, 0.6) is 5.75 Å². The molecule has 0 atom stereocenters. The molecule has 0 saturated heterocycles. The van der Waals surface area contributed by atoms with E-state index in [1.807, 2.05) is 59.3 Å². The molecule has 2 aromatic carbocycles. The molecule has 1 aliphatic carbocycles. The second-order valence-corrected chi connectivity index (χ2v) is 10.4. The quantitative estimate of drug-likeness (QED) is 0.307. The van der Waals surface area contributed by atoms with E-state index in [0.717, 1.165) is 52.1 Å². The van der Waals surface area contributed by atoms with Gasteiger partial charge >= 0.3 is 6.03 Å². The van der Waals surface area contributed by atoms with Crippen LogP contribution in [0.25, 0.3) is 10.8 Å². The number of carbonyl (C=O) groups excluding carboxylic acids is 1. The zero-order valence-corrected chi connectivity index (χ0v) is 21.1. The number of benzene rings is 2. The van der Waals surface area contributed by atoms with E-state index in [2.05, 4.69) is 36.4 Å². The summed E-state index contributed by atoms with van der Waals surface area (Å²) < 4.78 is 8.12. The lowest BCUT2D eigenvalue weighted by Gasteiger charge is -2.17. The summed E-state index contributed by atoms with van der Waals surface area (Å²) in [6, 6.07) is 17.6. The van der Waals surface area contributed by atoms with E-state index < -0.39 is 0 Å². The Morgan fingerprint density at radius 2 is 1.72 bits per heavy atom. The number of anilines is 2. The predicted octanol–water partition coefficient (Wildman–Crippen LogP) is 7.07. The van der Waals surface area contributed by atoms with Crippen molar-refractivity contribution in [3.8, 4) is 5.75 Å². The maximum atomic E-state index is 13.1. The summed E-state index contributed by atoms with van der Waals surface area (Å²) >= 11 is 0. The number of pyridine rings is 1. The van der Waals surface area contributed by atoms with Gasteiger partial charge in [0.1, 0.15) is 18.2 Å². The Bertz CT molecular complexity index is 1350. The minimum Gasteiger partial charge on any atom is -0.488 e. The maximum absolute atomic E-state index is 13.1. The fourth-order valence-electron chi connectivity index (χ4n) is 4.70. The lowest BCUT2D eigenvalue weighted by atomic mass is 9.92. The molecule has 186 valence electrons. The molecule has 7 heteroatoms. The van der Waals surface area contributed by atoms with E-state index >= 15 is 0 Å². The first kappa shape index (κ1) is 23.9. The average molecular weight is 484 g/mol. The molecule has 2 aromatic heterocycles. The Hall–Kier alpha value is -3.87. The second kappa shape index (κ2) is 10.0. The summed E-state index contributed by atoms with van der Waals surface area (Å²) in [4.78, 5) is 17.2. The molecular formula is C29H33N5O2. The SMILES string of the molecule is CC(C)(C)c1cc(NC(=O)Nc2ccc(OCc3ccncc3)c3ccccc23)n(C2CCCC2)n1. The number of aromatic nitrogens is 3. The topological polar surface area (TPSA) is 81.1 Å². The number of carbonyl (C=O) groups is 1. The molecule has 0 radical (unpaired) electrons. The Labute approximate surface area is 211 Å². The van der Waals surface area contributed by atoms with Crippen molar-refractivity contribution in [2.75, 3.05) is 10.6 Å². The molecule has 1 aliphatic rings. The number of nitrogens with one attached hydrogen (secondary N) is 2. The van der Waals surface area contributed by atoms with Crippen molar-refractivity contribution in [2.45, 2.75) is 64.5 Å². The van der Waals surface area contributed by atoms with Gasteiger partial charge in [0.15, 0.2) is 0 Å². The van der Waals surface area contributed by atoms with Gasteiger partial charge in [0.25, 0.3) is 0 Å². The van der Waals surface area contributed by atoms with Crippen molar-refractivity contribution < 1.29 is 9.53 Å². The third-order valence-electron chi connectivity index (χ3n) is 6.69. The first-order chi connectivity index (χ1) is 17.4. The van der Waals surface area contributed by atoms with Crippen LogP contribution in [0.2, 0.25) is 0 Å².